The Hall–Kier alpha value is -0.0900. The Morgan fingerprint density at radius 2 is 1.35 bits per heavy atom. The highest BCUT2D eigenvalue weighted by molar-refractivity contribution is 9.10. The van der Waals surface area contributed by atoms with Crippen LogP contribution in [0.2, 0.25) is 5.02 Å². The lowest BCUT2D eigenvalue weighted by molar-refractivity contribution is 1.00. The van der Waals surface area contributed by atoms with E-state index in [2.05, 4.69) is 52.3 Å². The second kappa shape index (κ2) is 6.35. The van der Waals surface area contributed by atoms with Gasteiger partial charge in [0.05, 0.1) is 0 Å². The van der Waals surface area contributed by atoms with Crippen LogP contribution in [0, 0.1) is 0 Å². The van der Waals surface area contributed by atoms with Gasteiger partial charge in [-0.25, -0.2) is 0 Å². The van der Waals surface area contributed by atoms with E-state index >= 15 is 0 Å². The van der Waals surface area contributed by atoms with Gasteiger partial charge in [-0.3, -0.25) is 0 Å². The average Bonchev–Trinajstić information content (AvgIpc) is 2.49. The summed E-state index contributed by atoms with van der Waals surface area (Å²) in [5, 5.41) is 0.797. The van der Waals surface area contributed by atoms with Crippen LogP contribution >= 0.6 is 51.1 Å². The molecule has 1 fully saturated rings. The quantitative estimate of drug-likeness (QED) is 0.606. The minimum absolute atomic E-state index is 0.00351. The fourth-order valence-corrected chi connectivity index (χ4v) is 6.14. The van der Waals surface area contributed by atoms with Gasteiger partial charge >= 0.3 is 0 Å². The summed E-state index contributed by atoms with van der Waals surface area (Å²) in [5.74, 6) is 2.40. The lowest BCUT2D eigenvalue weighted by atomic mass is 10.0. The lowest BCUT2D eigenvalue weighted by Crippen LogP contribution is -2.24. The van der Waals surface area contributed by atoms with E-state index in [4.69, 9.17) is 11.6 Å². The number of rotatable bonds is 2. The summed E-state index contributed by atoms with van der Waals surface area (Å²) >= 11 is 13.6. The molecule has 0 atom stereocenters. The SMILES string of the molecule is Clc1ccc(C2(c3ccc(Br)cc3)SCCCS2)cc1. The zero-order valence-electron chi connectivity index (χ0n) is 10.8. The molecule has 0 saturated carbocycles. The van der Waals surface area contributed by atoms with Crippen molar-refractivity contribution < 1.29 is 0 Å². The molecule has 1 aliphatic heterocycles. The molecule has 0 N–H and O–H groups in total. The molecule has 0 nitrogen and oxygen atoms in total. The van der Waals surface area contributed by atoms with Gasteiger partial charge in [-0.05, 0) is 53.3 Å². The van der Waals surface area contributed by atoms with Crippen molar-refractivity contribution in [3.63, 3.8) is 0 Å². The van der Waals surface area contributed by atoms with Crippen molar-refractivity contribution in [2.45, 2.75) is 10.5 Å². The highest BCUT2D eigenvalue weighted by Crippen LogP contribution is 2.54. The molecule has 0 bridgehead atoms. The van der Waals surface area contributed by atoms with Gasteiger partial charge in [-0.15, -0.1) is 23.5 Å². The highest BCUT2D eigenvalue weighted by atomic mass is 79.9. The number of thioether (sulfide) groups is 2. The summed E-state index contributed by atoms with van der Waals surface area (Å²) < 4.78 is 1.13. The van der Waals surface area contributed by atoms with Crippen molar-refractivity contribution in [3.05, 3.63) is 69.2 Å². The first-order valence-electron chi connectivity index (χ1n) is 6.51. The zero-order chi connectivity index (χ0) is 14.0. The maximum absolute atomic E-state index is 6.04. The van der Waals surface area contributed by atoms with Crippen LogP contribution in [-0.4, -0.2) is 11.5 Å². The van der Waals surface area contributed by atoms with Gasteiger partial charge in [0.15, 0.2) is 0 Å². The van der Waals surface area contributed by atoms with Crippen LogP contribution in [0.25, 0.3) is 0 Å². The van der Waals surface area contributed by atoms with Crippen molar-refractivity contribution in [2.24, 2.45) is 0 Å². The van der Waals surface area contributed by atoms with Crippen molar-refractivity contribution in [3.8, 4) is 0 Å². The maximum atomic E-state index is 6.04. The first-order valence-corrected chi connectivity index (χ1v) is 9.65. The Kier molecular flexibility index (Phi) is 4.71. The third kappa shape index (κ3) is 2.92. The molecule has 20 heavy (non-hydrogen) atoms. The largest absolute Gasteiger partial charge is 0.135 e. The fourth-order valence-electron chi connectivity index (χ4n) is 2.37. The number of hydrogen-bond donors (Lipinski definition) is 0. The second-order valence-electron chi connectivity index (χ2n) is 4.68. The van der Waals surface area contributed by atoms with Crippen molar-refractivity contribution in [1.29, 1.82) is 0 Å². The molecule has 4 heteroatoms. The molecule has 0 radical (unpaired) electrons. The average molecular weight is 386 g/mol. The van der Waals surface area contributed by atoms with Gasteiger partial charge in [-0.1, -0.05) is 51.8 Å². The van der Waals surface area contributed by atoms with Gasteiger partial charge in [0.1, 0.15) is 4.08 Å². The molecule has 1 aliphatic rings. The van der Waals surface area contributed by atoms with Gasteiger partial charge < -0.3 is 0 Å². The van der Waals surface area contributed by atoms with Crippen LogP contribution in [-0.2, 0) is 4.08 Å². The Morgan fingerprint density at radius 1 is 0.850 bits per heavy atom. The smallest absolute Gasteiger partial charge is 0.111 e. The first-order chi connectivity index (χ1) is 9.71. The van der Waals surface area contributed by atoms with Crippen LogP contribution in [0.1, 0.15) is 17.5 Å². The monoisotopic (exact) mass is 384 g/mol. The van der Waals surface area contributed by atoms with Crippen molar-refractivity contribution in [2.75, 3.05) is 11.5 Å². The van der Waals surface area contributed by atoms with E-state index in [1.807, 2.05) is 35.7 Å². The Balaban J connectivity index is 2.08. The van der Waals surface area contributed by atoms with E-state index in [0.717, 1.165) is 9.50 Å². The van der Waals surface area contributed by atoms with Crippen LogP contribution in [0.3, 0.4) is 0 Å². The molecule has 0 spiro atoms. The first kappa shape index (κ1) is 14.8. The number of halogens is 2. The van der Waals surface area contributed by atoms with Crippen LogP contribution in [0.15, 0.2) is 53.0 Å². The maximum Gasteiger partial charge on any atom is 0.111 e. The normalized spacial score (nSPS) is 17.9. The zero-order valence-corrected chi connectivity index (χ0v) is 14.8. The third-order valence-electron chi connectivity index (χ3n) is 3.35. The fraction of sp³-hybridized carbons (Fsp3) is 0.250. The van der Waals surface area contributed by atoms with E-state index in [1.165, 1.54) is 29.1 Å². The van der Waals surface area contributed by atoms with Crippen molar-refractivity contribution in [1.82, 2.24) is 0 Å². The summed E-state index contributed by atoms with van der Waals surface area (Å²) in [6.45, 7) is 0. The van der Waals surface area contributed by atoms with Gasteiger partial charge in [0.2, 0.25) is 0 Å². The minimum Gasteiger partial charge on any atom is -0.135 e. The Morgan fingerprint density at radius 3 is 1.90 bits per heavy atom. The van der Waals surface area contributed by atoms with Crippen molar-refractivity contribution >= 4 is 51.1 Å². The highest BCUT2D eigenvalue weighted by Gasteiger charge is 2.37. The minimum atomic E-state index is 0.00351. The Labute approximate surface area is 141 Å². The van der Waals surface area contributed by atoms with E-state index in [1.54, 1.807) is 0 Å². The van der Waals surface area contributed by atoms with E-state index in [0.29, 0.717) is 0 Å². The second-order valence-corrected chi connectivity index (χ2v) is 8.91. The molecular weight excluding hydrogens is 372 g/mol. The summed E-state index contributed by atoms with van der Waals surface area (Å²) in [6, 6.07) is 17.0. The molecule has 3 rings (SSSR count). The van der Waals surface area contributed by atoms with Gasteiger partial charge in [-0.2, -0.15) is 0 Å². The Bertz CT molecular complexity index is 527. The van der Waals surface area contributed by atoms with Crippen LogP contribution < -0.4 is 0 Å². The van der Waals surface area contributed by atoms with Gasteiger partial charge in [0, 0.05) is 9.50 Å². The molecule has 1 saturated heterocycles. The standard InChI is InChI=1S/C16H14BrClS2/c17-14-6-2-12(3-7-14)16(19-10-1-11-20-16)13-4-8-15(18)9-5-13/h2-9H,1,10-11H2. The molecule has 0 amide bonds. The predicted octanol–water partition coefficient (Wildman–Crippen LogP) is 6.17. The molecule has 0 unspecified atom stereocenters. The van der Waals surface area contributed by atoms with E-state index in [-0.39, 0.29) is 4.08 Å². The molecule has 2 aromatic rings. The molecule has 2 aromatic carbocycles. The lowest BCUT2D eigenvalue weighted by Gasteiger charge is -2.37. The van der Waals surface area contributed by atoms with Gasteiger partial charge in [0.25, 0.3) is 0 Å². The summed E-state index contributed by atoms with van der Waals surface area (Å²) in [5.41, 5.74) is 2.69. The third-order valence-corrected chi connectivity index (χ3v) is 7.58. The topological polar surface area (TPSA) is 0 Å². The van der Waals surface area contributed by atoms with E-state index in [9.17, 15) is 0 Å². The predicted molar refractivity (Wildman–Crippen MR) is 95.9 cm³/mol. The number of hydrogen-bond acceptors (Lipinski definition) is 2. The van der Waals surface area contributed by atoms with Crippen LogP contribution in [0.5, 0.6) is 0 Å². The molecule has 0 aromatic heterocycles. The molecular formula is C16H14BrClS2. The molecule has 1 heterocycles. The summed E-state index contributed by atoms with van der Waals surface area (Å²) in [6.07, 6.45) is 1.28. The summed E-state index contributed by atoms with van der Waals surface area (Å²) in [4.78, 5) is 0. The van der Waals surface area contributed by atoms with E-state index < -0.39 is 0 Å². The van der Waals surface area contributed by atoms with Crippen LogP contribution in [0.4, 0.5) is 0 Å². The molecule has 0 aliphatic carbocycles. The molecule has 104 valence electrons. The number of benzene rings is 2. The summed E-state index contributed by atoms with van der Waals surface area (Å²) in [7, 11) is 0.